The van der Waals surface area contributed by atoms with Gasteiger partial charge >= 0.3 is 0 Å². The molecule has 0 N–H and O–H groups in total. The Morgan fingerprint density at radius 3 is 2.54 bits per heavy atom. The molecule has 5 heteroatoms. The topological polar surface area (TPSA) is 59.2 Å². The van der Waals surface area contributed by atoms with Crippen LogP contribution < -0.4 is 0 Å². The van der Waals surface area contributed by atoms with Gasteiger partial charge in [-0.3, -0.25) is 4.79 Å². The van der Waals surface area contributed by atoms with Gasteiger partial charge in [-0.2, -0.15) is 0 Å². The highest BCUT2D eigenvalue weighted by Gasteiger charge is 2.26. The van der Waals surface area contributed by atoms with Gasteiger partial charge in [-0.1, -0.05) is 37.3 Å². The van der Waals surface area contributed by atoms with Gasteiger partial charge in [0, 0.05) is 32.0 Å². The fourth-order valence-corrected chi connectivity index (χ4v) is 3.11. The molecule has 0 aliphatic carbocycles. The van der Waals surface area contributed by atoms with Gasteiger partial charge < -0.3 is 9.32 Å². The zero-order valence-electron chi connectivity index (χ0n) is 14.2. The summed E-state index contributed by atoms with van der Waals surface area (Å²) < 4.78 is 5.52. The van der Waals surface area contributed by atoms with Crippen molar-refractivity contribution in [1.29, 1.82) is 0 Å². The first-order chi connectivity index (χ1) is 11.7. The molecule has 1 amide bonds. The van der Waals surface area contributed by atoms with Gasteiger partial charge in [-0.15, -0.1) is 10.2 Å². The number of aryl methyl sites for hydroxylation is 1. The molecular formula is C19H23N3O2. The zero-order valence-corrected chi connectivity index (χ0v) is 14.2. The molecule has 1 aliphatic rings. The van der Waals surface area contributed by atoms with Crippen molar-refractivity contribution in [2.45, 2.75) is 39.0 Å². The Morgan fingerprint density at radius 2 is 1.96 bits per heavy atom. The maximum atomic E-state index is 12.6. The van der Waals surface area contributed by atoms with E-state index in [0.29, 0.717) is 11.8 Å². The van der Waals surface area contributed by atoms with E-state index in [2.05, 4.69) is 17.1 Å². The number of carbonyl (C=O) groups excluding carboxylic acids is 1. The van der Waals surface area contributed by atoms with Crippen molar-refractivity contribution >= 4 is 11.5 Å². The Bertz CT molecular complexity index is 713. The minimum absolute atomic E-state index is 0.0934. The van der Waals surface area contributed by atoms with E-state index in [1.807, 2.05) is 35.2 Å². The molecule has 5 nitrogen and oxygen atoms in total. The Labute approximate surface area is 142 Å². The number of carbonyl (C=O) groups is 1. The molecule has 0 spiro atoms. The fourth-order valence-electron chi connectivity index (χ4n) is 3.11. The maximum Gasteiger partial charge on any atom is 0.246 e. The molecule has 0 radical (unpaired) electrons. The second-order valence-corrected chi connectivity index (χ2v) is 6.15. The highest BCUT2D eigenvalue weighted by molar-refractivity contribution is 5.95. The highest BCUT2D eigenvalue weighted by Crippen LogP contribution is 2.27. The second-order valence-electron chi connectivity index (χ2n) is 6.15. The molecule has 1 aliphatic heterocycles. The van der Waals surface area contributed by atoms with Crippen LogP contribution in [0.2, 0.25) is 0 Å². The van der Waals surface area contributed by atoms with Gasteiger partial charge in [0.1, 0.15) is 0 Å². The van der Waals surface area contributed by atoms with Gasteiger partial charge in [0.25, 0.3) is 0 Å². The third kappa shape index (κ3) is 3.72. The predicted molar refractivity (Wildman–Crippen MR) is 92.3 cm³/mol. The number of nitrogens with zero attached hydrogens (tertiary/aromatic N) is 3. The molecule has 0 atom stereocenters. The molecule has 126 valence electrons. The lowest BCUT2D eigenvalue weighted by Gasteiger charge is -2.29. The first kappa shape index (κ1) is 16.4. The number of likely N-dealkylation sites (tertiary alicyclic amines) is 1. The van der Waals surface area contributed by atoms with Crippen molar-refractivity contribution in [3.63, 3.8) is 0 Å². The van der Waals surface area contributed by atoms with Crippen LogP contribution in [0.4, 0.5) is 0 Å². The van der Waals surface area contributed by atoms with E-state index in [4.69, 9.17) is 4.42 Å². The van der Waals surface area contributed by atoms with Crippen LogP contribution in [0.1, 0.15) is 49.4 Å². The standard InChI is InChI=1S/C19H23N3O2/c1-3-15(16-7-5-4-6-8-16)13-18(23)22-11-9-17(10-12-22)19-21-20-14(2)24-19/h4-8,13,17H,3,9-12H2,1-2H3/b15-13+. The fraction of sp³-hybridized carbons (Fsp3) is 0.421. The van der Waals surface area contributed by atoms with Crippen molar-refractivity contribution in [1.82, 2.24) is 15.1 Å². The molecule has 1 aromatic carbocycles. The SMILES string of the molecule is CC/C(=C\C(=O)N1CCC(c2nnc(C)o2)CC1)c1ccccc1. The number of aromatic nitrogens is 2. The molecule has 0 unspecified atom stereocenters. The molecule has 2 aromatic rings. The second kappa shape index (κ2) is 7.43. The molecular weight excluding hydrogens is 302 g/mol. The molecule has 0 bridgehead atoms. The molecule has 1 aromatic heterocycles. The quantitative estimate of drug-likeness (QED) is 0.806. The molecule has 2 heterocycles. The Kier molecular flexibility index (Phi) is 5.08. The van der Waals surface area contributed by atoms with E-state index in [-0.39, 0.29) is 11.8 Å². The number of allylic oxidation sites excluding steroid dienone is 1. The van der Waals surface area contributed by atoms with Crippen LogP contribution in [0.15, 0.2) is 40.8 Å². The molecule has 3 rings (SSSR count). The number of hydrogen-bond acceptors (Lipinski definition) is 4. The first-order valence-electron chi connectivity index (χ1n) is 8.52. The minimum Gasteiger partial charge on any atom is -0.425 e. The number of piperidine rings is 1. The van der Waals surface area contributed by atoms with Crippen molar-refractivity contribution in [2.24, 2.45) is 0 Å². The lowest BCUT2D eigenvalue weighted by molar-refractivity contribution is -0.127. The van der Waals surface area contributed by atoms with Gasteiger partial charge in [0.15, 0.2) is 0 Å². The van der Waals surface area contributed by atoms with E-state index in [1.54, 1.807) is 13.0 Å². The van der Waals surface area contributed by atoms with Crippen LogP contribution >= 0.6 is 0 Å². The number of amides is 1. The summed E-state index contributed by atoms with van der Waals surface area (Å²) in [5, 5.41) is 8.00. The van der Waals surface area contributed by atoms with Crippen LogP contribution in [0.5, 0.6) is 0 Å². The lowest BCUT2D eigenvalue weighted by Crippen LogP contribution is -2.37. The summed E-state index contributed by atoms with van der Waals surface area (Å²) in [7, 11) is 0. The van der Waals surface area contributed by atoms with Crippen LogP contribution in [0.3, 0.4) is 0 Å². The zero-order chi connectivity index (χ0) is 16.9. The predicted octanol–water partition coefficient (Wildman–Crippen LogP) is 3.58. The van der Waals surface area contributed by atoms with Gasteiger partial charge in [-0.25, -0.2) is 0 Å². The van der Waals surface area contributed by atoms with E-state index in [1.165, 1.54) is 0 Å². The smallest absolute Gasteiger partial charge is 0.246 e. The summed E-state index contributed by atoms with van der Waals surface area (Å²) in [5.74, 6) is 1.66. The molecule has 24 heavy (non-hydrogen) atoms. The summed E-state index contributed by atoms with van der Waals surface area (Å²) in [4.78, 5) is 14.5. The van der Waals surface area contributed by atoms with Gasteiger partial charge in [-0.05, 0) is 30.4 Å². The van der Waals surface area contributed by atoms with E-state index < -0.39 is 0 Å². The van der Waals surface area contributed by atoms with Crippen LogP contribution in [0, 0.1) is 6.92 Å². The van der Waals surface area contributed by atoms with Gasteiger partial charge in [0.2, 0.25) is 17.7 Å². The maximum absolute atomic E-state index is 12.6. The summed E-state index contributed by atoms with van der Waals surface area (Å²) in [6.45, 7) is 5.34. The Hall–Kier alpha value is -2.43. The van der Waals surface area contributed by atoms with Crippen molar-refractivity contribution in [3.8, 4) is 0 Å². The number of hydrogen-bond donors (Lipinski definition) is 0. The molecule has 0 saturated carbocycles. The monoisotopic (exact) mass is 325 g/mol. The normalized spacial score (nSPS) is 16.4. The number of rotatable bonds is 4. The summed E-state index contributed by atoms with van der Waals surface area (Å²) in [6.07, 6.45) is 4.36. The minimum atomic E-state index is 0.0934. The summed E-state index contributed by atoms with van der Waals surface area (Å²) in [5.41, 5.74) is 2.19. The van der Waals surface area contributed by atoms with Crippen LogP contribution in [-0.4, -0.2) is 34.1 Å². The third-order valence-corrected chi connectivity index (χ3v) is 4.52. The molecule has 1 saturated heterocycles. The average Bonchev–Trinajstić information content (AvgIpc) is 3.07. The summed E-state index contributed by atoms with van der Waals surface area (Å²) in [6, 6.07) is 10.1. The first-order valence-corrected chi connectivity index (χ1v) is 8.52. The summed E-state index contributed by atoms with van der Waals surface area (Å²) >= 11 is 0. The van der Waals surface area contributed by atoms with E-state index >= 15 is 0 Å². The lowest BCUT2D eigenvalue weighted by atomic mass is 9.96. The average molecular weight is 325 g/mol. The molecule has 1 fully saturated rings. The largest absolute Gasteiger partial charge is 0.425 e. The van der Waals surface area contributed by atoms with Crippen LogP contribution in [-0.2, 0) is 4.79 Å². The Balaban J connectivity index is 1.63. The van der Waals surface area contributed by atoms with E-state index in [9.17, 15) is 4.79 Å². The van der Waals surface area contributed by atoms with Crippen LogP contribution in [0.25, 0.3) is 5.57 Å². The van der Waals surface area contributed by atoms with Gasteiger partial charge in [0.05, 0.1) is 0 Å². The van der Waals surface area contributed by atoms with Crippen molar-refractivity contribution in [3.05, 3.63) is 53.8 Å². The van der Waals surface area contributed by atoms with Crippen molar-refractivity contribution < 1.29 is 9.21 Å². The number of benzene rings is 1. The van der Waals surface area contributed by atoms with E-state index in [0.717, 1.165) is 43.5 Å². The van der Waals surface area contributed by atoms with Crippen molar-refractivity contribution in [2.75, 3.05) is 13.1 Å². The highest BCUT2D eigenvalue weighted by atomic mass is 16.4. The third-order valence-electron chi connectivity index (χ3n) is 4.52. The Morgan fingerprint density at radius 1 is 1.25 bits per heavy atom.